The highest BCUT2D eigenvalue weighted by Gasteiger charge is 2.31. The number of hydrogen-bond acceptors (Lipinski definition) is 8. The lowest BCUT2D eigenvalue weighted by Gasteiger charge is -2.23. The quantitative estimate of drug-likeness (QED) is 0.130. The summed E-state index contributed by atoms with van der Waals surface area (Å²) in [6, 6.07) is 27.6. The van der Waals surface area contributed by atoms with Crippen LogP contribution in [0.4, 0.5) is 5.13 Å². The molecular formula is C41H36BrN3O5S. The molecular weight excluding hydrogens is 726 g/mol. The summed E-state index contributed by atoms with van der Waals surface area (Å²) in [6.07, 6.45) is 4.09. The molecule has 4 aromatic carbocycles. The van der Waals surface area contributed by atoms with Gasteiger partial charge in [0.25, 0.3) is 5.91 Å². The molecule has 6 aromatic rings. The van der Waals surface area contributed by atoms with Crippen molar-refractivity contribution in [1.82, 2.24) is 9.97 Å². The molecule has 0 fully saturated rings. The zero-order valence-corrected chi connectivity index (χ0v) is 31.1. The number of pyridine rings is 1. The summed E-state index contributed by atoms with van der Waals surface area (Å²) in [5, 5.41) is 3.46. The van der Waals surface area contributed by atoms with Gasteiger partial charge in [-0.05, 0) is 78.4 Å². The normalized spacial score (nSPS) is 12.9. The fraction of sp³-hybridized carbons (Fsp3) is 0.195. The van der Waals surface area contributed by atoms with Crippen molar-refractivity contribution in [2.45, 2.75) is 19.3 Å². The number of carbonyl (C=O) groups is 1. The number of benzene rings is 4. The van der Waals surface area contributed by atoms with Crippen LogP contribution in [-0.2, 0) is 12.8 Å². The van der Waals surface area contributed by atoms with Gasteiger partial charge in [0.15, 0.2) is 28.1 Å². The molecule has 1 amide bonds. The van der Waals surface area contributed by atoms with Crippen LogP contribution in [0.5, 0.6) is 23.0 Å². The van der Waals surface area contributed by atoms with Crippen molar-refractivity contribution in [2.24, 2.45) is 0 Å². The number of anilines is 1. The van der Waals surface area contributed by atoms with Crippen LogP contribution in [0.2, 0.25) is 0 Å². The van der Waals surface area contributed by atoms with E-state index in [9.17, 15) is 0 Å². The van der Waals surface area contributed by atoms with E-state index in [0.29, 0.717) is 53.1 Å². The van der Waals surface area contributed by atoms with E-state index >= 15 is 4.79 Å². The maximum Gasteiger partial charge on any atom is 0.261 e. The Kier molecular flexibility index (Phi) is 10.1. The van der Waals surface area contributed by atoms with Gasteiger partial charge in [-0.1, -0.05) is 64.5 Å². The van der Waals surface area contributed by atoms with Crippen molar-refractivity contribution >= 4 is 60.9 Å². The molecule has 0 radical (unpaired) electrons. The zero-order valence-electron chi connectivity index (χ0n) is 28.7. The van der Waals surface area contributed by atoms with Crippen LogP contribution in [-0.4, -0.2) is 50.9 Å². The number of hydrogen-bond donors (Lipinski definition) is 0. The largest absolute Gasteiger partial charge is 0.493 e. The van der Waals surface area contributed by atoms with Gasteiger partial charge in [0.1, 0.15) is 0 Å². The molecule has 1 aliphatic carbocycles. The average Bonchev–Trinajstić information content (AvgIpc) is 3.81. The van der Waals surface area contributed by atoms with Gasteiger partial charge < -0.3 is 18.9 Å². The Morgan fingerprint density at radius 1 is 0.843 bits per heavy atom. The first-order valence-corrected chi connectivity index (χ1v) is 18.2. The number of nitrogens with zero attached hydrogens (tertiary/aromatic N) is 3. The van der Waals surface area contributed by atoms with Crippen molar-refractivity contribution in [3.05, 3.63) is 123 Å². The van der Waals surface area contributed by atoms with E-state index in [4.69, 9.17) is 28.9 Å². The van der Waals surface area contributed by atoms with Crippen molar-refractivity contribution in [3.8, 4) is 34.3 Å². The number of halogens is 1. The van der Waals surface area contributed by atoms with Gasteiger partial charge in [0.2, 0.25) is 0 Å². The molecule has 0 aliphatic heterocycles. The lowest BCUT2D eigenvalue weighted by atomic mass is 9.99. The molecule has 0 bridgehead atoms. The van der Waals surface area contributed by atoms with Gasteiger partial charge >= 0.3 is 0 Å². The Bertz CT molecular complexity index is 2270. The van der Waals surface area contributed by atoms with Gasteiger partial charge in [-0.3, -0.25) is 9.69 Å². The number of aromatic nitrogens is 2. The first-order chi connectivity index (χ1) is 24.9. The number of rotatable bonds is 11. The van der Waals surface area contributed by atoms with E-state index in [1.165, 1.54) is 11.3 Å². The number of amides is 1. The summed E-state index contributed by atoms with van der Waals surface area (Å²) in [5.74, 6) is 2.50. The number of methoxy groups -OCH3 is 4. The van der Waals surface area contributed by atoms with Crippen molar-refractivity contribution < 1.29 is 23.7 Å². The fourth-order valence-electron chi connectivity index (χ4n) is 6.57. The lowest BCUT2D eigenvalue weighted by molar-refractivity contribution is 0.0988. The van der Waals surface area contributed by atoms with Crippen molar-refractivity contribution in [2.75, 3.05) is 39.9 Å². The number of thiazole rings is 1. The van der Waals surface area contributed by atoms with Gasteiger partial charge in [0.05, 0.1) is 50.9 Å². The molecule has 7 rings (SSSR count). The van der Waals surface area contributed by atoms with Gasteiger partial charge in [-0.15, -0.1) is 11.3 Å². The number of carbonyl (C=O) groups excluding carboxylic acids is 1. The van der Waals surface area contributed by atoms with Crippen LogP contribution in [0.3, 0.4) is 0 Å². The molecule has 51 heavy (non-hydrogen) atoms. The van der Waals surface area contributed by atoms with Gasteiger partial charge in [-0.2, -0.15) is 0 Å². The number of allylic oxidation sites excluding steroid dienone is 1. The van der Waals surface area contributed by atoms with Crippen LogP contribution in [0.15, 0.2) is 94.8 Å². The van der Waals surface area contributed by atoms with E-state index in [-0.39, 0.29) is 5.91 Å². The average molecular weight is 763 g/mol. The van der Waals surface area contributed by atoms with Crippen LogP contribution in [0.1, 0.15) is 39.2 Å². The zero-order chi connectivity index (χ0) is 35.5. The third kappa shape index (κ3) is 6.81. The highest BCUT2D eigenvalue weighted by Crippen LogP contribution is 2.41. The molecule has 2 aromatic heterocycles. The predicted octanol–water partition coefficient (Wildman–Crippen LogP) is 9.53. The molecule has 0 unspecified atom stereocenters. The van der Waals surface area contributed by atoms with Crippen LogP contribution in [0, 0.1) is 0 Å². The number of ether oxygens (including phenoxy) is 4. The highest BCUT2D eigenvalue weighted by atomic mass is 79.9. The van der Waals surface area contributed by atoms with E-state index < -0.39 is 0 Å². The summed E-state index contributed by atoms with van der Waals surface area (Å²) in [6.45, 7) is 0.400. The highest BCUT2D eigenvalue weighted by molar-refractivity contribution is 9.10. The molecule has 0 atom stereocenters. The Hall–Kier alpha value is -5.19. The van der Waals surface area contributed by atoms with Crippen LogP contribution in [0.25, 0.3) is 33.8 Å². The molecule has 0 spiro atoms. The Morgan fingerprint density at radius 3 is 2.39 bits per heavy atom. The van der Waals surface area contributed by atoms with E-state index in [1.54, 1.807) is 28.4 Å². The second kappa shape index (κ2) is 15.0. The van der Waals surface area contributed by atoms with Gasteiger partial charge in [0, 0.05) is 32.9 Å². The molecule has 0 saturated heterocycles. The predicted molar refractivity (Wildman–Crippen MR) is 208 cm³/mol. The number of fused-ring (bicyclic) bond motifs is 2. The minimum atomic E-state index is -0.109. The van der Waals surface area contributed by atoms with Crippen molar-refractivity contribution in [1.29, 1.82) is 0 Å². The summed E-state index contributed by atoms with van der Waals surface area (Å²) in [7, 11) is 6.52. The third-order valence-electron chi connectivity index (χ3n) is 9.10. The Balaban J connectivity index is 1.33. The maximum absolute atomic E-state index is 15.2. The smallest absolute Gasteiger partial charge is 0.261 e. The SMILES string of the molecule is COc1ccc(CCN(C(=O)c2c3c(nc4ccccc24)/C(=C/c2cccc(OC)c2OC)CC3)c2nc(-c3ccc(Br)cc3)cs2)cc1OC. The topological polar surface area (TPSA) is 83.0 Å². The van der Waals surface area contributed by atoms with Crippen LogP contribution >= 0.6 is 27.3 Å². The van der Waals surface area contributed by atoms with E-state index in [0.717, 1.165) is 61.0 Å². The van der Waals surface area contributed by atoms with Gasteiger partial charge in [-0.25, -0.2) is 9.97 Å². The maximum atomic E-state index is 15.2. The fourth-order valence-corrected chi connectivity index (χ4v) is 7.70. The monoisotopic (exact) mass is 761 g/mol. The third-order valence-corrected chi connectivity index (χ3v) is 10.5. The standard InChI is InChI=1S/C41H36BrN3O5S/c1-47-34-19-12-25(22-36(34)49-3)20-21-45(41-44-33(24-51-41)26-13-16-29(42)17-14-26)40(46)37-30-9-5-6-10-32(30)43-38-27(15-18-31(37)38)23-28-8-7-11-35(48-2)39(28)50-4/h5-14,16-17,19,22-24H,15,18,20-21H2,1-4H3/b27-23+. The second-order valence-corrected chi connectivity index (χ2v) is 13.8. The number of para-hydroxylation sites is 2. The molecule has 8 nitrogen and oxygen atoms in total. The minimum Gasteiger partial charge on any atom is -0.493 e. The first kappa shape index (κ1) is 34.3. The summed E-state index contributed by atoms with van der Waals surface area (Å²) in [4.78, 5) is 27.1. The molecule has 10 heteroatoms. The molecule has 2 heterocycles. The molecule has 1 aliphatic rings. The van der Waals surface area contributed by atoms with Crippen molar-refractivity contribution in [3.63, 3.8) is 0 Å². The Labute approximate surface area is 309 Å². The Morgan fingerprint density at radius 2 is 1.63 bits per heavy atom. The summed E-state index contributed by atoms with van der Waals surface area (Å²) >= 11 is 4.99. The first-order valence-electron chi connectivity index (χ1n) is 16.5. The summed E-state index contributed by atoms with van der Waals surface area (Å²) < 4.78 is 23.3. The summed E-state index contributed by atoms with van der Waals surface area (Å²) in [5.41, 5.74) is 7.92. The molecule has 0 N–H and O–H groups in total. The van der Waals surface area contributed by atoms with Crippen LogP contribution < -0.4 is 23.8 Å². The lowest BCUT2D eigenvalue weighted by Crippen LogP contribution is -2.34. The molecule has 0 saturated carbocycles. The molecule has 258 valence electrons. The van der Waals surface area contributed by atoms with E-state index in [2.05, 4.69) is 22.0 Å². The van der Waals surface area contributed by atoms with E-state index in [1.807, 2.05) is 95.2 Å². The minimum absolute atomic E-state index is 0.109. The second-order valence-electron chi connectivity index (χ2n) is 12.0.